The van der Waals surface area contributed by atoms with E-state index in [9.17, 15) is 4.79 Å². The summed E-state index contributed by atoms with van der Waals surface area (Å²) in [6.07, 6.45) is 1.24. The number of rotatable bonds is 2. The molecule has 0 aliphatic carbocycles. The third-order valence-corrected chi connectivity index (χ3v) is 2.88. The van der Waals surface area contributed by atoms with Crippen molar-refractivity contribution >= 4 is 33.2 Å². The Kier molecular flexibility index (Phi) is 3.35. The van der Waals surface area contributed by atoms with E-state index in [-0.39, 0.29) is 15.9 Å². The monoisotopic (exact) mass is 315 g/mol. The lowest BCUT2D eigenvalue weighted by molar-refractivity contribution is 0.459. The van der Waals surface area contributed by atoms with E-state index in [0.717, 1.165) is 0 Å². The molecular formula is C10H7BrClN3O2. The first-order valence-electron chi connectivity index (χ1n) is 4.54. The van der Waals surface area contributed by atoms with Crippen molar-refractivity contribution < 1.29 is 4.74 Å². The Balaban J connectivity index is 2.38. The van der Waals surface area contributed by atoms with Gasteiger partial charge in [0.05, 0.1) is 12.0 Å². The molecule has 0 aliphatic rings. The highest BCUT2D eigenvalue weighted by Gasteiger charge is 2.09. The molecule has 3 N–H and O–H groups in total. The maximum Gasteiger partial charge on any atom is 0.268 e. The van der Waals surface area contributed by atoms with Crippen LogP contribution in [0.5, 0.6) is 11.6 Å². The van der Waals surface area contributed by atoms with Gasteiger partial charge in [-0.15, -0.1) is 0 Å². The number of nitrogen functional groups attached to an aromatic ring is 1. The van der Waals surface area contributed by atoms with Crippen LogP contribution in [0.25, 0.3) is 0 Å². The summed E-state index contributed by atoms with van der Waals surface area (Å²) in [5, 5.41) is 0.507. The van der Waals surface area contributed by atoms with Gasteiger partial charge in [-0.1, -0.05) is 11.6 Å². The van der Waals surface area contributed by atoms with Crippen molar-refractivity contribution in [1.29, 1.82) is 0 Å². The number of aromatic amines is 1. The summed E-state index contributed by atoms with van der Waals surface area (Å²) in [7, 11) is 0. The first-order chi connectivity index (χ1) is 8.08. The molecule has 0 saturated carbocycles. The lowest BCUT2D eigenvalue weighted by Crippen LogP contribution is -2.08. The van der Waals surface area contributed by atoms with Crippen molar-refractivity contribution in [3.8, 4) is 11.6 Å². The lowest BCUT2D eigenvalue weighted by Gasteiger charge is -2.08. The first-order valence-corrected chi connectivity index (χ1v) is 5.71. The maximum atomic E-state index is 11.3. The van der Waals surface area contributed by atoms with E-state index in [1.54, 1.807) is 18.2 Å². The van der Waals surface area contributed by atoms with Crippen LogP contribution >= 0.6 is 27.5 Å². The zero-order chi connectivity index (χ0) is 12.4. The Labute approximate surface area is 110 Å². The van der Waals surface area contributed by atoms with E-state index in [0.29, 0.717) is 16.5 Å². The molecule has 0 saturated heterocycles. The predicted octanol–water partition coefficient (Wildman–Crippen LogP) is 2.56. The molecule has 0 fully saturated rings. The number of nitrogens with one attached hydrogen (secondary N) is 1. The van der Waals surface area contributed by atoms with Gasteiger partial charge >= 0.3 is 0 Å². The molecule has 1 heterocycles. The van der Waals surface area contributed by atoms with E-state index in [1.165, 1.54) is 6.33 Å². The van der Waals surface area contributed by atoms with Crippen molar-refractivity contribution in [2.24, 2.45) is 0 Å². The van der Waals surface area contributed by atoms with Crippen molar-refractivity contribution in [3.05, 3.63) is 44.4 Å². The van der Waals surface area contributed by atoms with Gasteiger partial charge < -0.3 is 15.5 Å². The molecule has 2 rings (SSSR count). The smallest absolute Gasteiger partial charge is 0.268 e. The number of H-pyrrole nitrogens is 1. The molecule has 88 valence electrons. The highest BCUT2D eigenvalue weighted by atomic mass is 79.9. The van der Waals surface area contributed by atoms with Crippen molar-refractivity contribution in [3.63, 3.8) is 0 Å². The normalized spacial score (nSPS) is 10.2. The van der Waals surface area contributed by atoms with Gasteiger partial charge in [0.15, 0.2) is 5.75 Å². The summed E-state index contributed by atoms with van der Waals surface area (Å²) in [4.78, 5) is 17.6. The molecule has 0 amide bonds. The molecule has 7 heteroatoms. The fourth-order valence-corrected chi connectivity index (χ4v) is 1.63. The summed E-state index contributed by atoms with van der Waals surface area (Å²) in [5.41, 5.74) is 5.76. The summed E-state index contributed by atoms with van der Waals surface area (Å²) in [5.74, 6) is 0.524. The minimum absolute atomic E-state index is 0.141. The number of benzene rings is 1. The van der Waals surface area contributed by atoms with Crippen LogP contribution in [0.3, 0.4) is 0 Å². The Bertz CT molecular complexity index is 615. The topological polar surface area (TPSA) is 81.0 Å². The Morgan fingerprint density at radius 2 is 2.24 bits per heavy atom. The van der Waals surface area contributed by atoms with Gasteiger partial charge in [-0.05, 0) is 34.1 Å². The largest absolute Gasteiger partial charge is 0.435 e. The Morgan fingerprint density at radius 3 is 2.94 bits per heavy atom. The molecule has 17 heavy (non-hydrogen) atoms. The van der Waals surface area contributed by atoms with E-state index in [4.69, 9.17) is 22.1 Å². The summed E-state index contributed by atoms with van der Waals surface area (Å²) in [6.45, 7) is 0. The molecule has 0 atom stereocenters. The number of halogens is 2. The second kappa shape index (κ2) is 4.77. The van der Waals surface area contributed by atoms with E-state index >= 15 is 0 Å². The van der Waals surface area contributed by atoms with E-state index in [1.807, 2.05) is 0 Å². The van der Waals surface area contributed by atoms with E-state index < -0.39 is 0 Å². The minimum atomic E-state index is -0.331. The van der Waals surface area contributed by atoms with Crippen LogP contribution in [0.4, 0.5) is 5.69 Å². The molecule has 2 aromatic rings. The lowest BCUT2D eigenvalue weighted by atomic mass is 10.3. The molecule has 5 nitrogen and oxygen atoms in total. The van der Waals surface area contributed by atoms with Crippen molar-refractivity contribution in [1.82, 2.24) is 9.97 Å². The maximum absolute atomic E-state index is 11.3. The second-order valence-electron chi connectivity index (χ2n) is 3.14. The van der Waals surface area contributed by atoms with Crippen molar-refractivity contribution in [2.45, 2.75) is 0 Å². The first kappa shape index (κ1) is 11.9. The van der Waals surface area contributed by atoms with Gasteiger partial charge in [-0.3, -0.25) is 4.79 Å². The number of nitrogens with zero attached hydrogens (tertiary/aromatic N) is 1. The number of ether oxygens (including phenoxy) is 1. The van der Waals surface area contributed by atoms with Gasteiger partial charge in [-0.25, -0.2) is 4.98 Å². The number of hydrogen-bond acceptors (Lipinski definition) is 4. The average Bonchev–Trinajstić information content (AvgIpc) is 2.28. The zero-order valence-corrected chi connectivity index (χ0v) is 10.7. The number of hydrogen-bond donors (Lipinski definition) is 2. The third kappa shape index (κ3) is 2.59. The molecular weight excluding hydrogens is 309 g/mol. The fraction of sp³-hybridized carbons (Fsp3) is 0. The number of aromatic nitrogens is 2. The van der Waals surface area contributed by atoms with Gasteiger partial charge in [0.25, 0.3) is 5.56 Å². The molecule has 0 radical (unpaired) electrons. The van der Waals surface area contributed by atoms with Crippen LogP contribution < -0.4 is 16.0 Å². The standard InChI is InChI=1S/C10H7BrClN3O2/c11-8-9(16)14-4-15-10(8)17-7-2-1-5(12)3-6(7)13/h1-4H,13H2,(H,14,15,16). The number of anilines is 1. The van der Waals surface area contributed by atoms with Crippen LogP contribution in [0.1, 0.15) is 0 Å². The van der Waals surface area contributed by atoms with Crippen LogP contribution in [0.2, 0.25) is 5.02 Å². The van der Waals surface area contributed by atoms with Crippen molar-refractivity contribution in [2.75, 3.05) is 5.73 Å². The second-order valence-corrected chi connectivity index (χ2v) is 4.36. The summed E-state index contributed by atoms with van der Waals surface area (Å²) in [6, 6.07) is 4.79. The number of nitrogens with two attached hydrogens (primary N) is 1. The Morgan fingerprint density at radius 1 is 1.47 bits per heavy atom. The molecule has 0 aliphatic heterocycles. The highest BCUT2D eigenvalue weighted by molar-refractivity contribution is 9.10. The van der Waals surface area contributed by atoms with Gasteiger partial charge in [0.1, 0.15) is 4.47 Å². The average molecular weight is 317 g/mol. The quantitative estimate of drug-likeness (QED) is 0.834. The van der Waals surface area contributed by atoms with Crippen LogP contribution in [0, 0.1) is 0 Å². The zero-order valence-electron chi connectivity index (χ0n) is 8.41. The molecule has 0 unspecified atom stereocenters. The van der Waals surface area contributed by atoms with Gasteiger partial charge in [-0.2, -0.15) is 0 Å². The summed E-state index contributed by atoms with van der Waals surface area (Å²) < 4.78 is 5.62. The SMILES string of the molecule is Nc1cc(Cl)ccc1Oc1nc[nH]c(=O)c1Br. The fourth-order valence-electron chi connectivity index (χ4n) is 1.15. The van der Waals surface area contributed by atoms with Crippen LogP contribution in [0.15, 0.2) is 33.8 Å². The third-order valence-electron chi connectivity index (χ3n) is 1.94. The molecule has 0 spiro atoms. The predicted molar refractivity (Wildman–Crippen MR) is 68.5 cm³/mol. The molecule has 0 bridgehead atoms. The van der Waals surface area contributed by atoms with Crippen LogP contribution in [-0.4, -0.2) is 9.97 Å². The Hall–Kier alpha value is -1.53. The van der Waals surface area contributed by atoms with E-state index in [2.05, 4.69) is 25.9 Å². The summed E-state index contributed by atoms with van der Waals surface area (Å²) >= 11 is 8.84. The molecule has 1 aromatic heterocycles. The molecule has 1 aromatic carbocycles. The minimum Gasteiger partial charge on any atom is -0.435 e. The van der Waals surface area contributed by atoms with Gasteiger partial charge in [0.2, 0.25) is 5.88 Å². The van der Waals surface area contributed by atoms with Crippen LogP contribution in [-0.2, 0) is 0 Å². The highest BCUT2D eigenvalue weighted by Crippen LogP contribution is 2.30. The van der Waals surface area contributed by atoms with Gasteiger partial charge in [0, 0.05) is 5.02 Å².